The predicted octanol–water partition coefficient (Wildman–Crippen LogP) is 10.9. The molecule has 0 saturated heterocycles. The van der Waals surface area contributed by atoms with Gasteiger partial charge in [0.2, 0.25) is 5.52 Å². The molecular formula is C44H16BF20NOS. The summed E-state index contributed by atoms with van der Waals surface area (Å²) in [6.07, 6.45) is -7.22. The molecular weight excluding hydrogens is 981 g/mol. The fourth-order valence-corrected chi connectivity index (χ4v) is 8.50. The Labute approximate surface area is 370 Å². The molecule has 0 unspecified atom stereocenters. The SMILES string of the molecule is Fc1c(F)c(F)c([B-](c2c(F)c(F)c(F)c(F)c2F)(c2c(F)c(F)c(F)c(F)c2F)c2c(F)c(F)c(F)c(F)c2F)c(F)c1F.c1ccc(C[n+]2c(Oc3ccccc3)sc3ccccc32)cc1. The number of thiazole rings is 1. The fourth-order valence-electron chi connectivity index (χ4n) is 7.47. The van der Waals surface area contributed by atoms with Gasteiger partial charge < -0.3 is 4.74 Å². The molecule has 68 heavy (non-hydrogen) atoms. The number of hydrogen-bond donors (Lipinski definition) is 0. The number of nitrogens with zero attached hydrogens (tertiary/aromatic N) is 1. The Morgan fingerprint density at radius 2 is 0.618 bits per heavy atom. The summed E-state index contributed by atoms with van der Waals surface area (Å²) in [7, 11) is 0. The molecule has 0 aliphatic rings. The van der Waals surface area contributed by atoms with Crippen molar-refractivity contribution in [3.05, 3.63) is 207 Å². The largest absolute Gasteiger partial charge is 0.437 e. The van der Waals surface area contributed by atoms with Crippen LogP contribution in [0.2, 0.25) is 0 Å². The van der Waals surface area contributed by atoms with Crippen LogP contribution in [0.15, 0.2) is 84.9 Å². The van der Waals surface area contributed by atoms with Crippen LogP contribution in [0.4, 0.5) is 87.8 Å². The van der Waals surface area contributed by atoms with Crippen LogP contribution in [-0.4, -0.2) is 6.15 Å². The van der Waals surface area contributed by atoms with E-state index in [1.165, 1.54) is 15.8 Å². The second-order valence-electron chi connectivity index (χ2n) is 14.1. The molecule has 24 heteroatoms. The highest BCUT2D eigenvalue weighted by molar-refractivity contribution is 7.20. The van der Waals surface area contributed by atoms with E-state index < -0.39 is 144 Å². The number of ether oxygens (including phenoxy) is 1. The van der Waals surface area contributed by atoms with Gasteiger partial charge in [0.25, 0.3) is 0 Å². The first-order chi connectivity index (χ1) is 32.1. The minimum Gasteiger partial charge on any atom is -0.397 e. The normalized spacial score (nSPS) is 11.6. The number of halogens is 20. The standard InChI is InChI=1S/C24BF20.C20H16NOS/c26-5-1(6(27)14(35)21(42)13(5)34)25(2-7(28)15(36)22(43)16(37)8(2)29,3-9(30)17(38)23(44)18(39)10(3)31)4-11(32)19(40)24(45)20(41)12(4)33;1-3-9-16(10-4-1)15-21-18-13-7-8-14-19(18)23-20(21)22-17-11-5-2-6-12-17/h;1-14H,15H2/q-1;+1. The van der Waals surface area contributed by atoms with Crippen molar-refractivity contribution in [2.45, 2.75) is 6.54 Å². The van der Waals surface area contributed by atoms with Crippen LogP contribution in [0.1, 0.15) is 5.56 Å². The van der Waals surface area contributed by atoms with E-state index in [2.05, 4.69) is 53.1 Å². The van der Waals surface area contributed by atoms with Crippen molar-refractivity contribution < 1.29 is 97.1 Å². The highest BCUT2D eigenvalue weighted by Crippen LogP contribution is 2.32. The Morgan fingerprint density at radius 3 is 0.956 bits per heavy atom. The van der Waals surface area contributed by atoms with E-state index in [1.807, 2.05) is 36.4 Å². The summed E-state index contributed by atoms with van der Waals surface area (Å²) in [6, 6.07) is 28.8. The Morgan fingerprint density at radius 1 is 0.338 bits per heavy atom. The average Bonchev–Trinajstić information content (AvgIpc) is 3.67. The van der Waals surface area contributed by atoms with Crippen molar-refractivity contribution in [2.24, 2.45) is 0 Å². The van der Waals surface area contributed by atoms with Gasteiger partial charge in [-0.2, -0.15) is 0 Å². The van der Waals surface area contributed by atoms with Crippen LogP contribution in [0.25, 0.3) is 10.2 Å². The average molecular weight is 997 g/mol. The van der Waals surface area contributed by atoms with E-state index in [1.54, 1.807) is 11.3 Å². The summed E-state index contributed by atoms with van der Waals surface area (Å²) in [6.45, 7) is 0.799. The van der Waals surface area contributed by atoms with Crippen molar-refractivity contribution in [3.8, 4) is 10.9 Å². The van der Waals surface area contributed by atoms with Gasteiger partial charge in [-0.05, 0) is 29.5 Å². The van der Waals surface area contributed by atoms with Gasteiger partial charge >= 0.3 is 5.19 Å². The predicted molar refractivity (Wildman–Crippen MR) is 203 cm³/mol. The van der Waals surface area contributed by atoms with Crippen molar-refractivity contribution in [1.82, 2.24) is 0 Å². The van der Waals surface area contributed by atoms with Crippen molar-refractivity contribution >= 4 is 49.6 Å². The summed E-state index contributed by atoms with van der Waals surface area (Å²) >= 11 is 1.68. The van der Waals surface area contributed by atoms with Crippen LogP contribution in [0.3, 0.4) is 0 Å². The molecule has 0 saturated carbocycles. The molecule has 0 aliphatic carbocycles. The first kappa shape index (κ1) is 48.8. The third kappa shape index (κ3) is 7.72. The van der Waals surface area contributed by atoms with E-state index in [0.29, 0.717) is 0 Å². The number of para-hydroxylation sites is 2. The van der Waals surface area contributed by atoms with Crippen LogP contribution in [0.5, 0.6) is 10.9 Å². The summed E-state index contributed by atoms with van der Waals surface area (Å²) < 4.78 is 304. The topological polar surface area (TPSA) is 13.1 Å². The van der Waals surface area contributed by atoms with Gasteiger partial charge in [0, 0.05) is 11.6 Å². The number of aromatic nitrogens is 1. The van der Waals surface area contributed by atoms with Gasteiger partial charge in [0.15, 0.2) is 76.4 Å². The zero-order chi connectivity index (χ0) is 49.8. The second-order valence-corrected chi connectivity index (χ2v) is 15.1. The van der Waals surface area contributed by atoms with Crippen LogP contribution < -0.4 is 31.2 Å². The fraction of sp³-hybridized carbons (Fsp3) is 0.0227. The summed E-state index contributed by atoms with van der Waals surface area (Å²) in [5.74, 6) is -70.5. The van der Waals surface area contributed by atoms with E-state index in [-0.39, 0.29) is 0 Å². The summed E-state index contributed by atoms with van der Waals surface area (Å²) in [5, 5.41) is 0.904. The molecule has 0 bridgehead atoms. The van der Waals surface area contributed by atoms with Crippen LogP contribution in [-0.2, 0) is 6.54 Å². The third-order valence-electron chi connectivity index (χ3n) is 10.4. The molecule has 1 heterocycles. The quantitative estimate of drug-likeness (QED) is 0.0486. The molecule has 0 fully saturated rings. The zero-order valence-electron chi connectivity index (χ0n) is 32.7. The summed E-state index contributed by atoms with van der Waals surface area (Å²) in [5.41, 5.74) is -11.9. The lowest BCUT2D eigenvalue weighted by atomic mass is 9.12. The highest BCUT2D eigenvalue weighted by atomic mass is 32.1. The lowest BCUT2D eigenvalue weighted by Crippen LogP contribution is -2.81. The van der Waals surface area contributed by atoms with Crippen LogP contribution >= 0.6 is 11.3 Å². The highest BCUT2D eigenvalue weighted by Gasteiger charge is 2.52. The number of rotatable bonds is 8. The lowest BCUT2D eigenvalue weighted by molar-refractivity contribution is -0.662. The molecule has 7 aromatic carbocycles. The maximum absolute atomic E-state index is 15.4. The smallest absolute Gasteiger partial charge is 0.397 e. The summed E-state index contributed by atoms with van der Waals surface area (Å²) in [4.78, 5) is 0. The van der Waals surface area contributed by atoms with Gasteiger partial charge in [-0.15, -0.1) is 26.4 Å². The Balaban J connectivity index is 0.000000246. The molecule has 0 atom stereocenters. The number of fused-ring (bicyclic) bond motifs is 1. The Hall–Kier alpha value is -7.11. The minimum atomic E-state index is -7.22. The Kier molecular flexibility index (Phi) is 13.3. The van der Waals surface area contributed by atoms with Gasteiger partial charge in [0.1, 0.15) is 63.1 Å². The van der Waals surface area contributed by atoms with Crippen molar-refractivity contribution in [3.63, 3.8) is 0 Å². The molecule has 8 aromatic rings. The molecule has 0 radical (unpaired) electrons. The van der Waals surface area contributed by atoms with E-state index in [4.69, 9.17) is 4.74 Å². The Bertz CT molecular complexity index is 2920. The van der Waals surface area contributed by atoms with Crippen LogP contribution in [0, 0.1) is 116 Å². The van der Waals surface area contributed by atoms with E-state index in [0.717, 1.165) is 17.5 Å². The molecule has 0 amide bonds. The molecule has 0 aliphatic heterocycles. The zero-order valence-corrected chi connectivity index (χ0v) is 33.5. The monoisotopic (exact) mass is 997 g/mol. The third-order valence-corrected chi connectivity index (χ3v) is 11.5. The van der Waals surface area contributed by atoms with Gasteiger partial charge in [-0.1, -0.05) is 60.7 Å². The molecule has 0 N–H and O–H groups in total. The molecule has 1 aromatic heterocycles. The van der Waals surface area contributed by atoms with E-state index >= 15 is 35.1 Å². The van der Waals surface area contributed by atoms with Gasteiger partial charge in [-0.3, -0.25) is 0 Å². The molecule has 8 rings (SSSR count). The van der Waals surface area contributed by atoms with E-state index in [9.17, 15) is 52.7 Å². The van der Waals surface area contributed by atoms with Crippen molar-refractivity contribution in [2.75, 3.05) is 0 Å². The number of hydrogen-bond acceptors (Lipinski definition) is 2. The molecule has 0 spiro atoms. The maximum atomic E-state index is 15.4. The number of benzene rings is 7. The van der Waals surface area contributed by atoms with Gasteiger partial charge in [-0.25, -0.2) is 87.8 Å². The molecule has 2 nitrogen and oxygen atoms in total. The minimum absolute atomic E-state index is 0.799. The maximum Gasteiger partial charge on any atom is 0.437 e. The first-order valence-corrected chi connectivity index (χ1v) is 19.3. The molecule has 352 valence electrons. The first-order valence-electron chi connectivity index (χ1n) is 18.5. The lowest BCUT2D eigenvalue weighted by Gasteiger charge is -2.44. The van der Waals surface area contributed by atoms with Gasteiger partial charge in [0.05, 0.1) is 0 Å². The van der Waals surface area contributed by atoms with Crippen molar-refractivity contribution in [1.29, 1.82) is 0 Å². The second kappa shape index (κ2) is 18.5.